The smallest absolute Gasteiger partial charge is 0.338 e. The Kier molecular flexibility index (Phi) is 5.44. The van der Waals surface area contributed by atoms with Gasteiger partial charge in [0.15, 0.2) is 5.82 Å². The van der Waals surface area contributed by atoms with Gasteiger partial charge in [-0.15, -0.1) is 0 Å². The number of piperazine rings is 1. The molecule has 1 fully saturated rings. The highest BCUT2D eigenvalue weighted by Gasteiger charge is 2.30. The maximum atomic E-state index is 11.9. The zero-order chi connectivity index (χ0) is 23.1. The summed E-state index contributed by atoms with van der Waals surface area (Å²) in [4.78, 5) is 18.8. The van der Waals surface area contributed by atoms with Crippen LogP contribution in [-0.2, 0) is 17.9 Å². The van der Waals surface area contributed by atoms with Crippen LogP contribution in [0.15, 0.2) is 36.7 Å². The summed E-state index contributed by atoms with van der Waals surface area (Å²) >= 11 is 0. The standard InChI is InChI=1S/C25H26N6O2/c1-15-10-30(11-18-9-27-31(12-18)24-7-4-19(8-26)17(3)29-24)13-23(28-15)20-5-6-21-22(16(20)2)14-33-25(21)32/h4-7,9,12,15,23,28H,10-11,13-14H2,1-3H3/t15-,23-/m0/s1. The molecule has 1 N–H and O–H groups in total. The maximum Gasteiger partial charge on any atom is 0.338 e. The number of fused-ring (bicyclic) bond motifs is 1. The summed E-state index contributed by atoms with van der Waals surface area (Å²) in [6.07, 6.45) is 3.87. The first-order chi connectivity index (χ1) is 15.9. The Bertz CT molecular complexity index is 1270. The molecule has 2 atom stereocenters. The van der Waals surface area contributed by atoms with E-state index in [2.05, 4.69) is 46.3 Å². The molecule has 8 nitrogen and oxygen atoms in total. The first-order valence-corrected chi connectivity index (χ1v) is 11.1. The molecule has 2 aromatic heterocycles. The van der Waals surface area contributed by atoms with E-state index >= 15 is 0 Å². The molecule has 0 saturated carbocycles. The Morgan fingerprint density at radius 1 is 1.24 bits per heavy atom. The van der Waals surface area contributed by atoms with E-state index in [1.807, 2.05) is 31.5 Å². The highest BCUT2D eigenvalue weighted by atomic mass is 16.5. The molecule has 2 aliphatic rings. The first-order valence-electron chi connectivity index (χ1n) is 11.1. The third-order valence-electron chi connectivity index (χ3n) is 6.51. The number of carbonyl (C=O) groups is 1. The van der Waals surface area contributed by atoms with Crippen LogP contribution in [0.1, 0.15) is 56.8 Å². The lowest BCUT2D eigenvalue weighted by atomic mass is 9.92. The second-order valence-corrected chi connectivity index (χ2v) is 8.90. The van der Waals surface area contributed by atoms with Crippen molar-refractivity contribution in [1.29, 1.82) is 5.26 Å². The van der Waals surface area contributed by atoms with Gasteiger partial charge in [0, 0.05) is 49.0 Å². The lowest BCUT2D eigenvalue weighted by Crippen LogP contribution is -2.50. The van der Waals surface area contributed by atoms with Crippen LogP contribution in [0.3, 0.4) is 0 Å². The molecule has 0 radical (unpaired) electrons. The molecule has 168 valence electrons. The number of aryl methyl sites for hydroxylation is 1. The van der Waals surface area contributed by atoms with Crippen molar-refractivity contribution in [3.63, 3.8) is 0 Å². The molecule has 0 spiro atoms. The Morgan fingerprint density at radius 3 is 2.88 bits per heavy atom. The summed E-state index contributed by atoms with van der Waals surface area (Å²) in [5.74, 6) is 0.477. The number of carbonyl (C=O) groups excluding carboxylic acids is 1. The molecule has 5 rings (SSSR count). The molecule has 3 aromatic rings. The largest absolute Gasteiger partial charge is 0.457 e. The molecule has 0 amide bonds. The van der Waals surface area contributed by atoms with Crippen LogP contribution in [0.4, 0.5) is 0 Å². The van der Waals surface area contributed by atoms with Crippen LogP contribution in [0.2, 0.25) is 0 Å². The predicted molar refractivity (Wildman–Crippen MR) is 122 cm³/mol. The van der Waals surface area contributed by atoms with Crippen LogP contribution in [0, 0.1) is 25.2 Å². The van der Waals surface area contributed by atoms with Crippen molar-refractivity contribution in [2.45, 2.75) is 46.0 Å². The fourth-order valence-corrected chi connectivity index (χ4v) is 4.85. The van der Waals surface area contributed by atoms with E-state index in [9.17, 15) is 4.79 Å². The van der Waals surface area contributed by atoms with Crippen LogP contribution < -0.4 is 5.32 Å². The van der Waals surface area contributed by atoms with Crippen LogP contribution in [0.25, 0.3) is 5.82 Å². The van der Waals surface area contributed by atoms with Crippen LogP contribution >= 0.6 is 0 Å². The summed E-state index contributed by atoms with van der Waals surface area (Å²) in [5.41, 5.74) is 6.44. The van der Waals surface area contributed by atoms with E-state index in [0.29, 0.717) is 35.3 Å². The van der Waals surface area contributed by atoms with Gasteiger partial charge in [-0.25, -0.2) is 14.5 Å². The summed E-state index contributed by atoms with van der Waals surface area (Å²) < 4.78 is 6.98. The van der Waals surface area contributed by atoms with E-state index in [1.54, 1.807) is 10.7 Å². The zero-order valence-corrected chi connectivity index (χ0v) is 19.0. The molecule has 0 bridgehead atoms. The molecular weight excluding hydrogens is 416 g/mol. The number of rotatable bonds is 4. The lowest BCUT2D eigenvalue weighted by molar-refractivity contribution is 0.0535. The van der Waals surface area contributed by atoms with Crippen LogP contribution in [-0.4, -0.2) is 44.8 Å². The van der Waals surface area contributed by atoms with Gasteiger partial charge in [0.05, 0.1) is 23.0 Å². The number of aromatic nitrogens is 3. The Labute approximate surface area is 192 Å². The molecular formula is C25H26N6O2. The molecule has 1 saturated heterocycles. The van der Waals surface area contributed by atoms with Gasteiger partial charge in [0.25, 0.3) is 0 Å². The van der Waals surface area contributed by atoms with E-state index in [4.69, 9.17) is 10.00 Å². The van der Waals surface area contributed by atoms with E-state index < -0.39 is 0 Å². The molecule has 0 aliphatic carbocycles. The second-order valence-electron chi connectivity index (χ2n) is 8.90. The topological polar surface area (TPSA) is 96.1 Å². The average Bonchev–Trinajstić information content (AvgIpc) is 3.41. The highest BCUT2D eigenvalue weighted by molar-refractivity contribution is 5.94. The number of nitriles is 1. The minimum Gasteiger partial charge on any atom is -0.457 e. The molecule has 1 aromatic carbocycles. The number of nitrogens with one attached hydrogen (secondary N) is 1. The zero-order valence-electron chi connectivity index (χ0n) is 19.0. The number of benzene rings is 1. The quantitative estimate of drug-likeness (QED) is 0.621. The van der Waals surface area contributed by atoms with Gasteiger partial charge >= 0.3 is 5.97 Å². The first kappa shape index (κ1) is 21.3. The molecule has 8 heteroatoms. The summed E-state index contributed by atoms with van der Waals surface area (Å²) in [7, 11) is 0. The van der Waals surface area contributed by atoms with Gasteiger partial charge in [-0.3, -0.25) is 4.90 Å². The van der Waals surface area contributed by atoms with Crippen LogP contribution in [0.5, 0.6) is 0 Å². The lowest BCUT2D eigenvalue weighted by Gasteiger charge is -2.38. The number of nitrogens with zero attached hydrogens (tertiary/aromatic N) is 5. The number of esters is 1. The van der Waals surface area contributed by atoms with Gasteiger partial charge in [-0.1, -0.05) is 6.07 Å². The fraction of sp³-hybridized carbons (Fsp3) is 0.360. The van der Waals surface area contributed by atoms with E-state index in [0.717, 1.165) is 36.3 Å². The highest BCUT2D eigenvalue weighted by Crippen LogP contribution is 2.31. The van der Waals surface area contributed by atoms with Crippen molar-refractivity contribution < 1.29 is 9.53 Å². The molecule has 33 heavy (non-hydrogen) atoms. The van der Waals surface area contributed by atoms with Gasteiger partial charge in [0.1, 0.15) is 12.7 Å². The van der Waals surface area contributed by atoms with E-state index in [1.165, 1.54) is 5.56 Å². The molecule has 2 aliphatic heterocycles. The third-order valence-corrected chi connectivity index (χ3v) is 6.51. The van der Waals surface area contributed by atoms with Crippen molar-refractivity contribution in [3.05, 3.63) is 75.7 Å². The number of hydrogen-bond acceptors (Lipinski definition) is 7. The summed E-state index contributed by atoms with van der Waals surface area (Å²) in [6, 6.07) is 10.2. The van der Waals surface area contributed by atoms with Gasteiger partial charge in [0.2, 0.25) is 0 Å². The fourth-order valence-electron chi connectivity index (χ4n) is 4.85. The third kappa shape index (κ3) is 4.01. The van der Waals surface area contributed by atoms with Crippen molar-refractivity contribution in [2.24, 2.45) is 0 Å². The summed E-state index contributed by atoms with van der Waals surface area (Å²) in [5, 5.41) is 17.3. The SMILES string of the molecule is Cc1nc(-n2cc(CN3C[C@@H](c4ccc5c(c4C)COC5=O)N[C@@H](C)C3)cn2)ccc1C#N. The van der Waals surface area contributed by atoms with Crippen molar-refractivity contribution in [3.8, 4) is 11.9 Å². The second kappa shape index (κ2) is 8.43. The van der Waals surface area contributed by atoms with E-state index in [-0.39, 0.29) is 12.0 Å². The molecule has 0 unspecified atom stereocenters. The number of ether oxygens (including phenoxy) is 1. The Hall–Kier alpha value is -3.54. The van der Waals surface area contributed by atoms with Gasteiger partial charge in [-0.2, -0.15) is 10.4 Å². The predicted octanol–water partition coefficient (Wildman–Crippen LogP) is 2.96. The van der Waals surface area contributed by atoms with Gasteiger partial charge in [-0.05, 0) is 50.1 Å². The molecule has 4 heterocycles. The average molecular weight is 443 g/mol. The number of cyclic esters (lactones) is 1. The normalized spacial score (nSPS) is 20.4. The Morgan fingerprint density at radius 2 is 2.09 bits per heavy atom. The Balaban J connectivity index is 1.33. The monoisotopic (exact) mass is 442 g/mol. The number of pyridine rings is 1. The summed E-state index contributed by atoms with van der Waals surface area (Å²) in [6.45, 7) is 9.04. The van der Waals surface area contributed by atoms with Crippen molar-refractivity contribution in [1.82, 2.24) is 25.0 Å². The minimum absolute atomic E-state index is 0.174. The maximum absolute atomic E-state index is 11.9. The minimum atomic E-state index is -0.227. The van der Waals surface area contributed by atoms with Crippen molar-refractivity contribution >= 4 is 5.97 Å². The van der Waals surface area contributed by atoms with Gasteiger partial charge < -0.3 is 10.1 Å². The number of hydrogen-bond donors (Lipinski definition) is 1. The van der Waals surface area contributed by atoms with Crippen molar-refractivity contribution in [2.75, 3.05) is 13.1 Å².